The van der Waals surface area contributed by atoms with E-state index in [1.807, 2.05) is 4.90 Å². The molecule has 0 spiro atoms. The van der Waals surface area contributed by atoms with Crippen molar-refractivity contribution in [2.24, 2.45) is 0 Å². The largest absolute Gasteiger partial charge is 0.417 e. The van der Waals surface area contributed by atoms with Crippen molar-refractivity contribution >= 4 is 33.1 Å². The number of rotatable bonds is 3. The van der Waals surface area contributed by atoms with Gasteiger partial charge in [0, 0.05) is 30.0 Å². The number of alkyl halides is 3. The molecule has 3 heterocycles. The van der Waals surface area contributed by atoms with Crippen molar-refractivity contribution in [1.29, 1.82) is 0 Å². The fourth-order valence-corrected chi connectivity index (χ4v) is 4.16. The minimum Gasteiger partial charge on any atom is -0.354 e. The number of aromatic nitrogens is 1. The van der Waals surface area contributed by atoms with Gasteiger partial charge in [-0.15, -0.1) is 11.3 Å². The molecular formula is C19H15F4N3OS. The number of pyridine rings is 1. The molecule has 146 valence electrons. The molecule has 2 aromatic heterocycles. The normalized spacial score (nSPS) is 17.3. The number of fused-ring (bicyclic) bond motifs is 1. The number of hydrogen-bond donors (Lipinski definition) is 1. The fraction of sp³-hybridized carbons (Fsp3) is 0.263. The predicted molar refractivity (Wildman–Crippen MR) is 99.1 cm³/mol. The van der Waals surface area contributed by atoms with Crippen LogP contribution in [-0.4, -0.2) is 30.0 Å². The molecule has 1 aliphatic rings. The number of halogens is 4. The highest BCUT2D eigenvalue weighted by atomic mass is 32.1. The van der Waals surface area contributed by atoms with Crippen LogP contribution in [0.1, 0.15) is 21.7 Å². The maximum Gasteiger partial charge on any atom is 0.417 e. The first kappa shape index (κ1) is 18.7. The summed E-state index contributed by atoms with van der Waals surface area (Å²) in [7, 11) is 0. The Hall–Kier alpha value is -2.68. The molecule has 1 amide bonds. The quantitative estimate of drug-likeness (QED) is 0.650. The van der Waals surface area contributed by atoms with Gasteiger partial charge in [0.05, 0.1) is 10.4 Å². The van der Waals surface area contributed by atoms with Crippen molar-refractivity contribution in [1.82, 2.24) is 10.3 Å². The van der Waals surface area contributed by atoms with Crippen LogP contribution in [-0.2, 0) is 6.18 Å². The van der Waals surface area contributed by atoms with Crippen molar-refractivity contribution in [3.63, 3.8) is 0 Å². The van der Waals surface area contributed by atoms with Gasteiger partial charge in [-0.25, -0.2) is 9.37 Å². The van der Waals surface area contributed by atoms with E-state index in [-0.39, 0.29) is 17.8 Å². The van der Waals surface area contributed by atoms with Gasteiger partial charge >= 0.3 is 6.18 Å². The number of hydrogen-bond acceptors (Lipinski definition) is 4. The van der Waals surface area contributed by atoms with E-state index in [0.29, 0.717) is 35.6 Å². The molecule has 3 aromatic rings. The summed E-state index contributed by atoms with van der Waals surface area (Å²) in [5.41, 5.74) is -0.790. The zero-order chi connectivity index (χ0) is 19.9. The molecule has 0 bridgehead atoms. The fourth-order valence-electron chi connectivity index (χ4n) is 3.21. The van der Waals surface area contributed by atoms with Gasteiger partial charge < -0.3 is 10.2 Å². The molecule has 28 heavy (non-hydrogen) atoms. The monoisotopic (exact) mass is 409 g/mol. The number of carbonyl (C=O) groups is 1. The van der Waals surface area contributed by atoms with E-state index in [1.165, 1.54) is 29.5 Å². The molecule has 4 nitrogen and oxygen atoms in total. The Bertz CT molecular complexity index is 1020. The summed E-state index contributed by atoms with van der Waals surface area (Å²) >= 11 is 1.29. The lowest BCUT2D eigenvalue weighted by Crippen LogP contribution is -2.36. The number of thiophene rings is 1. The van der Waals surface area contributed by atoms with E-state index in [0.717, 1.165) is 17.0 Å². The molecule has 1 aliphatic heterocycles. The van der Waals surface area contributed by atoms with Crippen LogP contribution in [0.3, 0.4) is 0 Å². The predicted octanol–water partition coefficient (Wildman–Crippen LogP) is 4.46. The van der Waals surface area contributed by atoms with E-state index in [9.17, 15) is 22.4 Å². The molecule has 0 saturated carbocycles. The number of benzene rings is 1. The zero-order valence-electron chi connectivity index (χ0n) is 14.5. The van der Waals surface area contributed by atoms with Crippen molar-refractivity contribution in [3.8, 4) is 0 Å². The van der Waals surface area contributed by atoms with Crippen LogP contribution in [0.5, 0.6) is 0 Å². The van der Waals surface area contributed by atoms with Gasteiger partial charge in [0.2, 0.25) is 0 Å². The van der Waals surface area contributed by atoms with Crippen molar-refractivity contribution in [3.05, 3.63) is 58.9 Å². The van der Waals surface area contributed by atoms with E-state index in [2.05, 4.69) is 10.3 Å². The van der Waals surface area contributed by atoms with Crippen LogP contribution in [0, 0.1) is 5.82 Å². The molecular weight excluding hydrogens is 394 g/mol. The number of anilines is 1. The Morgan fingerprint density at radius 1 is 1.21 bits per heavy atom. The van der Waals surface area contributed by atoms with Gasteiger partial charge in [0.1, 0.15) is 11.6 Å². The first-order chi connectivity index (χ1) is 13.3. The van der Waals surface area contributed by atoms with E-state index in [1.54, 1.807) is 12.1 Å². The summed E-state index contributed by atoms with van der Waals surface area (Å²) in [6.07, 6.45) is -2.94. The van der Waals surface area contributed by atoms with Crippen LogP contribution in [0.25, 0.3) is 10.1 Å². The highest BCUT2D eigenvalue weighted by Crippen LogP contribution is 2.30. The second kappa shape index (κ2) is 7.05. The maximum atomic E-state index is 13.3. The average Bonchev–Trinajstić information content (AvgIpc) is 3.27. The second-order valence-corrected chi connectivity index (χ2v) is 7.68. The Labute approximate surface area is 161 Å². The molecule has 0 radical (unpaired) electrons. The second-order valence-electron chi connectivity index (χ2n) is 6.60. The SMILES string of the molecule is O=C(N[C@H]1CCN(c2ccc(C(F)(F)F)cn2)C1)c1cc2cc(F)ccc2s1. The Balaban J connectivity index is 1.40. The van der Waals surface area contributed by atoms with Crippen LogP contribution in [0.4, 0.5) is 23.4 Å². The minimum absolute atomic E-state index is 0.140. The summed E-state index contributed by atoms with van der Waals surface area (Å²) in [6.45, 7) is 1.05. The van der Waals surface area contributed by atoms with Gasteiger partial charge in [0.15, 0.2) is 0 Å². The minimum atomic E-state index is -4.42. The summed E-state index contributed by atoms with van der Waals surface area (Å²) < 4.78 is 52.1. The molecule has 0 unspecified atom stereocenters. The van der Waals surface area contributed by atoms with Crippen LogP contribution >= 0.6 is 11.3 Å². The maximum absolute atomic E-state index is 13.3. The number of amides is 1. The molecule has 1 aromatic carbocycles. The molecule has 9 heteroatoms. The first-order valence-electron chi connectivity index (χ1n) is 8.58. The van der Waals surface area contributed by atoms with Gasteiger partial charge in [-0.05, 0) is 48.2 Å². The third kappa shape index (κ3) is 3.80. The number of carbonyl (C=O) groups excluding carboxylic acids is 1. The molecule has 1 atom stereocenters. The number of nitrogens with zero attached hydrogens (tertiary/aromatic N) is 2. The van der Waals surface area contributed by atoms with E-state index < -0.39 is 11.7 Å². The van der Waals surface area contributed by atoms with Crippen molar-refractivity contribution < 1.29 is 22.4 Å². The van der Waals surface area contributed by atoms with Crippen LogP contribution in [0.2, 0.25) is 0 Å². The summed E-state index contributed by atoms with van der Waals surface area (Å²) in [6, 6.07) is 8.24. The molecule has 0 aliphatic carbocycles. The Morgan fingerprint density at radius 3 is 2.75 bits per heavy atom. The van der Waals surface area contributed by atoms with Crippen LogP contribution in [0.15, 0.2) is 42.6 Å². The molecule has 1 N–H and O–H groups in total. The first-order valence-corrected chi connectivity index (χ1v) is 9.39. The lowest BCUT2D eigenvalue weighted by molar-refractivity contribution is -0.137. The highest BCUT2D eigenvalue weighted by molar-refractivity contribution is 7.20. The Morgan fingerprint density at radius 2 is 2.04 bits per heavy atom. The van der Waals surface area contributed by atoms with E-state index >= 15 is 0 Å². The smallest absolute Gasteiger partial charge is 0.354 e. The third-order valence-corrected chi connectivity index (χ3v) is 5.74. The lowest BCUT2D eigenvalue weighted by atomic mass is 10.2. The standard InChI is InChI=1S/C19H15F4N3OS/c20-13-2-3-15-11(7-13)8-16(28-15)18(27)25-14-5-6-26(10-14)17-4-1-12(9-24-17)19(21,22)23/h1-4,7-9,14H,5-6,10H2,(H,25,27)/t14-/m0/s1. The molecule has 4 rings (SSSR count). The Kier molecular flexibility index (Phi) is 4.70. The average molecular weight is 409 g/mol. The lowest BCUT2D eigenvalue weighted by Gasteiger charge is -2.18. The van der Waals surface area contributed by atoms with Gasteiger partial charge in [-0.3, -0.25) is 4.79 Å². The highest BCUT2D eigenvalue weighted by Gasteiger charge is 2.31. The number of nitrogens with one attached hydrogen (secondary N) is 1. The van der Waals surface area contributed by atoms with Crippen LogP contribution < -0.4 is 10.2 Å². The topological polar surface area (TPSA) is 45.2 Å². The molecule has 1 saturated heterocycles. The van der Waals surface area contributed by atoms with Gasteiger partial charge in [-0.2, -0.15) is 13.2 Å². The zero-order valence-corrected chi connectivity index (χ0v) is 15.3. The van der Waals surface area contributed by atoms with Crippen molar-refractivity contribution in [2.45, 2.75) is 18.6 Å². The summed E-state index contributed by atoms with van der Waals surface area (Å²) in [4.78, 5) is 18.7. The van der Waals surface area contributed by atoms with Gasteiger partial charge in [-0.1, -0.05) is 0 Å². The van der Waals surface area contributed by atoms with E-state index in [4.69, 9.17) is 0 Å². The van der Waals surface area contributed by atoms with Crippen molar-refractivity contribution in [2.75, 3.05) is 18.0 Å². The van der Waals surface area contributed by atoms with Gasteiger partial charge in [0.25, 0.3) is 5.91 Å². The summed E-state index contributed by atoms with van der Waals surface area (Å²) in [5, 5.41) is 3.61. The third-order valence-electron chi connectivity index (χ3n) is 4.62. The summed E-state index contributed by atoms with van der Waals surface area (Å²) in [5.74, 6) is -0.149. The molecule has 1 fully saturated rings.